The van der Waals surface area contributed by atoms with Crippen LogP contribution in [0.4, 0.5) is 0 Å². The van der Waals surface area contributed by atoms with E-state index in [-0.39, 0.29) is 0 Å². The maximum Gasteiger partial charge on any atom is 0.0996 e. The molecule has 0 spiro atoms. The molecule has 0 aliphatic carbocycles. The molecule has 0 radical (unpaired) electrons. The first-order valence-electron chi connectivity index (χ1n) is 4.70. The van der Waals surface area contributed by atoms with Gasteiger partial charge in [-0.05, 0) is 20.9 Å². The van der Waals surface area contributed by atoms with Crippen LogP contribution in [-0.4, -0.2) is 33.5 Å². The third kappa shape index (κ3) is 2.33. The van der Waals surface area contributed by atoms with Crippen LogP contribution in [0.1, 0.15) is 18.3 Å². The van der Waals surface area contributed by atoms with Gasteiger partial charge < -0.3 is 0 Å². The monoisotopic (exact) mass is 192 g/mol. The molecule has 0 unspecified atom stereocenters. The molecule has 4 heteroatoms. The summed E-state index contributed by atoms with van der Waals surface area (Å²) in [5.74, 6) is 2.60. The number of hydrogen-bond acceptors (Lipinski definition) is 3. The molecule has 0 aromatic carbocycles. The molecule has 1 aromatic heterocycles. The van der Waals surface area contributed by atoms with Gasteiger partial charge in [0.05, 0.1) is 17.9 Å². The molecule has 0 aliphatic heterocycles. The van der Waals surface area contributed by atoms with Crippen LogP contribution < -0.4 is 0 Å². The predicted octanol–water partition coefficient (Wildman–Crippen LogP) is 0.671. The van der Waals surface area contributed by atoms with Gasteiger partial charge in [-0.25, -0.2) is 4.68 Å². The highest BCUT2D eigenvalue weighted by atomic mass is 15.4. The minimum Gasteiger partial charge on any atom is -0.289 e. The van der Waals surface area contributed by atoms with Gasteiger partial charge in [0.2, 0.25) is 0 Å². The van der Waals surface area contributed by atoms with Crippen molar-refractivity contribution < 1.29 is 0 Å². The maximum absolute atomic E-state index is 5.22. The number of terminal acetylenes is 1. The quantitative estimate of drug-likeness (QED) is 0.658. The Labute approximate surface area is 84.9 Å². The van der Waals surface area contributed by atoms with Gasteiger partial charge in [0.1, 0.15) is 0 Å². The Kier molecular flexibility index (Phi) is 3.66. The summed E-state index contributed by atoms with van der Waals surface area (Å²) in [6.07, 6.45) is 5.22. The van der Waals surface area contributed by atoms with Crippen LogP contribution in [0.3, 0.4) is 0 Å². The maximum atomic E-state index is 5.22. The summed E-state index contributed by atoms with van der Waals surface area (Å²) in [7, 11) is 1.98. The Morgan fingerprint density at radius 3 is 2.79 bits per heavy atom. The van der Waals surface area contributed by atoms with Crippen LogP contribution in [0, 0.1) is 19.3 Å². The lowest BCUT2D eigenvalue weighted by atomic mass is 10.3. The van der Waals surface area contributed by atoms with E-state index >= 15 is 0 Å². The average molecular weight is 192 g/mol. The highest BCUT2D eigenvalue weighted by molar-refractivity contribution is 5.07. The summed E-state index contributed by atoms with van der Waals surface area (Å²) >= 11 is 0. The van der Waals surface area contributed by atoms with Crippen molar-refractivity contribution in [2.45, 2.75) is 26.9 Å². The van der Waals surface area contributed by atoms with E-state index in [1.54, 1.807) is 0 Å². The van der Waals surface area contributed by atoms with Gasteiger partial charge in [-0.3, -0.25) is 4.90 Å². The van der Waals surface area contributed by atoms with Gasteiger partial charge in [-0.15, -0.1) is 11.5 Å². The van der Waals surface area contributed by atoms with E-state index in [1.807, 2.05) is 23.6 Å². The van der Waals surface area contributed by atoms with Crippen LogP contribution >= 0.6 is 0 Å². The molecule has 0 fully saturated rings. The molecule has 1 rings (SSSR count). The van der Waals surface area contributed by atoms with Crippen LogP contribution in [0.5, 0.6) is 0 Å². The number of aryl methyl sites for hydroxylation is 1. The highest BCUT2D eigenvalue weighted by Crippen LogP contribution is 2.05. The summed E-state index contributed by atoms with van der Waals surface area (Å²) in [6, 6.07) is 0. The summed E-state index contributed by atoms with van der Waals surface area (Å²) < 4.78 is 1.89. The van der Waals surface area contributed by atoms with E-state index in [0.29, 0.717) is 6.54 Å². The molecule has 0 saturated carbocycles. The molecule has 0 bridgehead atoms. The first-order valence-corrected chi connectivity index (χ1v) is 4.70. The lowest BCUT2D eigenvalue weighted by Gasteiger charge is -2.11. The SMILES string of the molecule is C#CCN(C)Cc1nnn(CC)c1C. The van der Waals surface area contributed by atoms with Crippen molar-refractivity contribution in [3.8, 4) is 12.3 Å². The Balaban J connectivity index is 2.68. The highest BCUT2D eigenvalue weighted by Gasteiger charge is 2.08. The largest absolute Gasteiger partial charge is 0.289 e. The molecule has 0 aliphatic rings. The number of aromatic nitrogens is 3. The zero-order valence-electron chi connectivity index (χ0n) is 8.99. The fourth-order valence-corrected chi connectivity index (χ4v) is 1.31. The van der Waals surface area contributed by atoms with Gasteiger partial charge in [-0.1, -0.05) is 11.1 Å². The molecule has 0 atom stereocenters. The second-order valence-electron chi connectivity index (χ2n) is 3.31. The average Bonchev–Trinajstić information content (AvgIpc) is 2.48. The molecule has 1 aromatic rings. The number of hydrogen-bond donors (Lipinski definition) is 0. The van der Waals surface area contributed by atoms with Gasteiger partial charge in [0.25, 0.3) is 0 Å². The van der Waals surface area contributed by atoms with Gasteiger partial charge in [0.15, 0.2) is 0 Å². The van der Waals surface area contributed by atoms with Crippen molar-refractivity contribution in [2.75, 3.05) is 13.6 Å². The van der Waals surface area contributed by atoms with Crippen molar-refractivity contribution in [3.05, 3.63) is 11.4 Å². The van der Waals surface area contributed by atoms with E-state index in [2.05, 4.69) is 23.2 Å². The smallest absolute Gasteiger partial charge is 0.0996 e. The van der Waals surface area contributed by atoms with Crippen molar-refractivity contribution in [3.63, 3.8) is 0 Å². The van der Waals surface area contributed by atoms with E-state index < -0.39 is 0 Å². The second-order valence-corrected chi connectivity index (χ2v) is 3.31. The van der Waals surface area contributed by atoms with Crippen LogP contribution in [0.25, 0.3) is 0 Å². The molecule has 1 heterocycles. The first-order chi connectivity index (χ1) is 6.69. The van der Waals surface area contributed by atoms with Crippen LogP contribution in [-0.2, 0) is 13.1 Å². The van der Waals surface area contributed by atoms with Crippen molar-refractivity contribution in [1.29, 1.82) is 0 Å². The number of nitrogens with zero attached hydrogens (tertiary/aromatic N) is 4. The second kappa shape index (κ2) is 4.77. The van der Waals surface area contributed by atoms with Crippen LogP contribution in [0.15, 0.2) is 0 Å². The summed E-state index contributed by atoms with van der Waals surface area (Å²) in [4.78, 5) is 2.04. The minimum absolute atomic E-state index is 0.637. The van der Waals surface area contributed by atoms with Crippen LogP contribution in [0.2, 0.25) is 0 Å². The zero-order valence-corrected chi connectivity index (χ0v) is 8.99. The molecule has 0 saturated heterocycles. The number of rotatable bonds is 4. The van der Waals surface area contributed by atoms with E-state index in [9.17, 15) is 0 Å². The third-order valence-electron chi connectivity index (χ3n) is 2.16. The third-order valence-corrected chi connectivity index (χ3v) is 2.16. The standard InChI is InChI=1S/C10H16N4/c1-5-7-13(4)8-10-9(3)14(6-2)12-11-10/h1H,6-8H2,2-4H3. The predicted molar refractivity (Wildman–Crippen MR) is 55.6 cm³/mol. The molecule has 76 valence electrons. The Morgan fingerprint density at radius 1 is 1.57 bits per heavy atom. The van der Waals surface area contributed by atoms with E-state index in [4.69, 9.17) is 6.42 Å². The molecule has 0 N–H and O–H groups in total. The lowest BCUT2D eigenvalue weighted by molar-refractivity contribution is 0.363. The van der Waals surface area contributed by atoms with Crippen molar-refractivity contribution >= 4 is 0 Å². The normalized spacial score (nSPS) is 10.5. The minimum atomic E-state index is 0.637. The molecular weight excluding hydrogens is 176 g/mol. The Hall–Kier alpha value is -1.34. The Morgan fingerprint density at radius 2 is 2.29 bits per heavy atom. The topological polar surface area (TPSA) is 34.0 Å². The van der Waals surface area contributed by atoms with Gasteiger partial charge in [-0.2, -0.15) is 0 Å². The van der Waals surface area contributed by atoms with Gasteiger partial charge in [0, 0.05) is 13.1 Å². The Bertz CT molecular complexity index is 334. The van der Waals surface area contributed by atoms with Crippen molar-refractivity contribution in [2.24, 2.45) is 0 Å². The zero-order chi connectivity index (χ0) is 10.6. The molecule has 4 nitrogen and oxygen atoms in total. The van der Waals surface area contributed by atoms with Gasteiger partial charge >= 0.3 is 0 Å². The summed E-state index contributed by atoms with van der Waals surface area (Å²) in [5.41, 5.74) is 2.13. The summed E-state index contributed by atoms with van der Waals surface area (Å²) in [6.45, 7) is 6.34. The summed E-state index contributed by atoms with van der Waals surface area (Å²) in [5, 5.41) is 8.15. The first kappa shape index (κ1) is 10.7. The molecule has 14 heavy (non-hydrogen) atoms. The fourth-order valence-electron chi connectivity index (χ4n) is 1.31. The van der Waals surface area contributed by atoms with Crippen molar-refractivity contribution in [1.82, 2.24) is 19.9 Å². The fraction of sp³-hybridized carbons (Fsp3) is 0.600. The lowest BCUT2D eigenvalue weighted by Crippen LogP contribution is -2.18. The molecule has 0 amide bonds. The molecular formula is C10H16N4. The van der Waals surface area contributed by atoms with E-state index in [1.165, 1.54) is 0 Å². The van der Waals surface area contributed by atoms with E-state index in [0.717, 1.165) is 24.5 Å².